The minimum absolute atomic E-state index is 0.228. The van der Waals surface area contributed by atoms with Gasteiger partial charge in [0.1, 0.15) is 17.7 Å². The molecule has 2 aromatic carbocycles. The highest BCUT2D eigenvalue weighted by atomic mass is 35.5. The monoisotopic (exact) mass is 482 g/mol. The molecular weight excluding hydrogens is 466 g/mol. The first-order chi connectivity index (χ1) is 16.0. The number of H-pyrrole nitrogens is 1. The summed E-state index contributed by atoms with van der Waals surface area (Å²) in [5.74, 6) is 0.0450. The van der Waals surface area contributed by atoms with Crippen LogP contribution in [0.5, 0.6) is 0 Å². The summed E-state index contributed by atoms with van der Waals surface area (Å²) < 4.78 is 15.5. The molecular formula is C23H17Cl2FN6O. The molecule has 0 bridgehead atoms. The molecule has 0 radical (unpaired) electrons. The molecule has 7 nitrogen and oxygen atoms in total. The zero-order chi connectivity index (χ0) is 23.1. The fourth-order valence-electron chi connectivity index (χ4n) is 3.90. The molecule has 0 saturated heterocycles. The number of rotatable bonds is 5. The lowest BCUT2D eigenvalue weighted by Crippen LogP contribution is -2.27. The third-order valence-corrected chi connectivity index (χ3v) is 6.29. The number of fused-ring (bicyclic) bond motifs is 2. The van der Waals surface area contributed by atoms with E-state index in [9.17, 15) is 9.18 Å². The third-order valence-electron chi connectivity index (χ3n) is 5.48. The summed E-state index contributed by atoms with van der Waals surface area (Å²) in [4.78, 5) is 29.3. The number of anilines is 1. The van der Waals surface area contributed by atoms with Crippen molar-refractivity contribution in [2.45, 2.75) is 19.4 Å². The molecule has 0 aliphatic rings. The highest BCUT2D eigenvalue weighted by Crippen LogP contribution is 2.33. The molecule has 1 atom stereocenters. The van der Waals surface area contributed by atoms with Gasteiger partial charge in [-0.1, -0.05) is 42.3 Å². The van der Waals surface area contributed by atoms with Gasteiger partial charge in [0.25, 0.3) is 5.56 Å². The van der Waals surface area contributed by atoms with E-state index in [1.54, 1.807) is 24.3 Å². The molecule has 0 unspecified atom stereocenters. The molecule has 166 valence electrons. The van der Waals surface area contributed by atoms with Crippen molar-refractivity contribution in [3.05, 3.63) is 87.0 Å². The topological polar surface area (TPSA) is 88.5 Å². The second-order valence-electron chi connectivity index (χ2n) is 7.44. The van der Waals surface area contributed by atoms with Crippen LogP contribution < -0.4 is 10.9 Å². The van der Waals surface area contributed by atoms with Gasteiger partial charge in [-0.2, -0.15) is 0 Å². The van der Waals surface area contributed by atoms with Crippen molar-refractivity contribution in [1.29, 1.82) is 0 Å². The lowest BCUT2D eigenvalue weighted by Gasteiger charge is -2.24. The maximum Gasteiger partial charge on any atom is 0.263 e. The van der Waals surface area contributed by atoms with Crippen LogP contribution in [0, 0.1) is 5.82 Å². The molecule has 3 heterocycles. The molecule has 0 spiro atoms. The van der Waals surface area contributed by atoms with Crippen LogP contribution in [0.2, 0.25) is 10.0 Å². The Bertz CT molecular complexity index is 1560. The van der Waals surface area contributed by atoms with E-state index in [2.05, 4.69) is 25.3 Å². The maximum absolute atomic E-state index is 14.0. The fourth-order valence-corrected chi connectivity index (χ4v) is 4.28. The summed E-state index contributed by atoms with van der Waals surface area (Å²) in [5, 5.41) is 4.78. The Kier molecular flexibility index (Phi) is 5.47. The van der Waals surface area contributed by atoms with Gasteiger partial charge in [0.05, 0.1) is 33.5 Å². The first-order valence-electron chi connectivity index (χ1n) is 10.2. The van der Waals surface area contributed by atoms with Crippen LogP contribution in [0.25, 0.3) is 27.6 Å². The Balaban J connectivity index is 1.76. The number of aromatic amines is 1. The predicted molar refractivity (Wildman–Crippen MR) is 128 cm³/mol. The molecule has 10 heteroatoms. The van der Waals surface area contributed by atoms with E-state index < -0.39 is 11.4 Å². The Morgan fingerprint density at radius 1 is 1.15 bits per heavy atom. The van der Waals surface area contributed by atoms with Gasteiger partial charge in [0.2, 0.25) is 0 Å². The van der Waals surface area contributed by atoms with Crippen LogP contribution >= 0.6 is 23.2 Å². The average Bonchev–Trinajstić information content (AvgIpc) is 3.30. The number of nitrogens with one attached hydrogen (secondary N) is 2. The quantitative estimate of drug-likeness (QED) is 0.337. The average molecular weight is 483 g/mol. The van der Waals surface area contributed by atoms with Gasteiger partial charge in [-0.15, -0.1) is 0 Å². The normalized spacial score (nSPS) is 12.4. The fraction of sp³-hybridized carbons (Fsp3) is 0.130. The minimum atomic E-state index is -0.496. The number of hydrogen-bond donors (Lipinski definition) is 2. The first-order valence-corrected chi connectivity index (χ1v) is 10.9. The smallest absolute Gasteiger partial charge is 0.263 e. The Morgan fingerprint density at radius 3 is 2.82 bits per heavy atom. The van der Waals surface area contributed by atoms with Crippen LogP contribution in [-0.4, -0.2) is 24.5 Å². The van der Waals surface area contributed by atoms with E-state index >= 15 is 0 Å². The largest absolute Gasteiger partial charge is 0.360 e. The molecule has 0 amide bonds. The number of nitrogens with zero attached hydrogens (tertiary/aromatic N) is 4. The standard InChI is InChI=1S/C23H17Cl2FN6O/c1-2-16(31-22-20-21(28-10-27-20)29-11-30-22)18-8-12-6-7-13(26)9-14(12)23(33)32(18)17-5-3-4-15(24)19(17)25/h3-11,16H,2H2,1H3,(H2,27,28,29,30,31)/t16-/m1/s1. The van der Waals surface area contributed by atoms with Gasteiger partial charge in [-0.05, 0) is 42.1 Å². The van der Waals surface area contributed by atoms with Crippen molar-refractivity contribution in [2.24, 2.45) is 0 Å². The highest BCUT2D eigenvalue weighted by Gasteiger charge is 2.22. The molecule has 5 rings (SSSR count). The number of aromatic nitrogens is 5. The summed E-state index contributed by atoms with van der Waals surface area (Å²) in [5.41, 5.74) is 1.79. The van der Waals surface area contributed by atoms with Crippen molar-refractivity contribution in [2.75, 3.05) is 5.32 Å². The van der Waals surface area contributed by atoms with Crippen molar-refractivity contribution >= 4 is 51.0 Å². The SMILES string of the molecule is CC[C@@H](Nc1ncnc2nc[nH]c12)c1cc2ccc(F)cc2c(=O)n1-c1cccc(Cl)c1Cl. The zero-order valence-electron chi connectivity index (χ0n) is 17.3. The van der Waals surface area contributed by atoms with E-state index in [0.717, 1.165) is 0 Å². The Morgan fingerprint density at radius 2 is 2.00 bits per heavy atom. The van der Waals surface area contributed by atoms with Crippen molar-refractivity contribution in [3.8, 4) is 5.69 Å². The molecule has 2 N–H and O–H groups in total. The van der Waals surface area contributed by atoms with E-state index in [1.165, 1.54) is 29.4 Å². The van der Waals surface area contributed by atoms with Gasteiger partial charge in [0.15, 0.2) is 11.5 Å². The molecule has 3 aromatic heterocycles. The van der Waals surface area contributed by atoms with E-state index in [1.807, 2.05) is 13.0 Å². The number of halogens is 3. The number of hydrogen-bond acceptors (Lipinski definition) is 5. The number of pyridine rings is 1. The number of benzene rings is 2. The van der Waals surface area contributed by atoms with E-state index in [4.69, 9.17) is 23.2 Å². The van der Waals surface area contributed by atoms with Crippen LogP contribution in [0.4, 0.5) is 10.2 Å². The van der Waals surface area contributed by atoms with Crippen molar-refractivity contribution < 1.29 is 4.39 Å². The first kappa shape index (κ1) is 21.4. The molecule has 5 aromatic rings. The summed E-state index contributed by atoms with van der Waals surface area (Å²) in [6.07, 6.45) is 3.56. The van der Waals surface area contributed by atoms with Crippen LogP contribution in [0.1, 0.15) is 25.1 Å². The summed E-state index contributed by atoms with van der Waals surface area (Å²) in [6.45, 7) is 1.98. The van der Waals surface area contributed by atoms with E-state index in [-0.39, 0.29) is 16.5 Å². The lowest BCUT2D eigenvalue weighted by atomic mass is 10.0. The minimum Gasteiger partial charge on any atom is -0.360 e. The summed E-state index contributed by atoms with van der Waals surface area (Å²) >= 11 is 12.8. The van der Waals surface area contributed by atoms with Gasteiger partial charge in [0, 0.05) is 5.69 Å². The molecule has 0 aliphatic carbocycles. The number of imidazole rings is 1. The summed E-state index contributed by atoms with van der Waals surface area (Å²) in [7, 11) is 0. The molecule has 0 aliphatic heterocycles. The van der Waals surface area contributed by atoms with Crippen LogP contribution in [0.3, 0.4) is 0 Å². The second-order valence-corrected chi connectivity index (χ2v) is 8.23. The van der Waals surface area contributed by atoms with Gasteiger partial charge >= 0.3 is 0 Å². The molecule has 0 saturated carbocycles. The summed E-state index contributed by atoms with van der Waals surface area (Å²) in [6, 6.07) is 10.7. The Hall–Kier alpha value is -3.49. The Labute approximate surface area is 197 Å². The van der Waals surface area contributed by atoms with Gasteiger partial charge in [-0.25, -0.2) is 19.3 Å². The van der Waals surface area contributed by atoms with Crippen molar-refractivity contribution in [1.82, 2.24) is 24.5 Å². The predicted octanol–water partition coefficient (Wildman–Crippen LogP) is 5.67. The molecule has 33 heavy (non-hydrogen) atoms. The molecule has 0 fully saturated rings. The van der Waals surface area contributed by atoms with Gasteiger partial charge in [-0.3, -0.25) is 9.36 Å². The highest BCUT2D eigenvalue weighted by molar-refractivity contribution is 6.43. The van der Waals surface area contributed by atoms with Crippen LogP contribution in [0.15, 0.2) is 59.9 Å². The van der Waals surface area contributed by atoms with Gasteiger partial charge < -0.3 is 10.3 Å². The lowest BCUT2D eigenvalue weighted by molar-refractivity contribution is 0.629. The zero-order valence-corrected chi connectivity index (χ0v) is 18.8. The maximum atomic E-state index is 14.0. The second kappa shape index (κ2) is 8.46. The van der Waals surface area contributed by atoms with Crippen LogP contribution in [-0.2, 0) is 0 Å². The van der Waals surface area contributed by atoms with E-state index in [0.29, 0.717) is 45.2 Å². The van der Waals surface area contributed by atoms with Crippen molar-refractivity contribution in [3.63, 3.8) is 0 Å². The third kappa shape index (κ3) is 3.71.